The molecular formula is C17H26N2O. The second-order valence-electron chi connectivity index (χ2n) is 5.15. The van der Waals surface area contributed by atoms with Crippen LogP contribution in [-0.4, -0.2) is 23.1 Å². The Morgan fingerprint density at radius 3 is 2.60 bits per heavy atom. The van der Waals surface area contributed by atoms with Crippen molar-refractivity contribution < 1.29 is 4.79 Å². The van der Waals surface area contributed by atoms with E-state index in [0.717, 1.165) is 55.6 Å². The van der Waals surface area contributed by atoms with E-state index in [1.807, 2.05) is 13.0 Å². The van der Waals surface area contributed by atoms with Crippen molar-refractivity contribution in [2.75, 3.05) is 6.54 Å². The molecule has 1 aliphatic heterocycles. The van der Waals surface area contributed by atoms with Crippen molar-refractivity contribution in [3.63, 3.8) is 0 Å². The number of aliphatic imine (C=N–C) groups is 1. The van der Waals surface area contributed by atoms with Crippen molar-refractivity contribution in [1.82, 2.24) is 4.90 Å². The van der Waals surface area contributed by atoms with E-state index in [2.05, 4.69) is 24.6 Å². The summed E-state index contributed by atoms with van der Waals surface area (Å²) in [6.45, 7) is 8.69. The maximum absolute atomic E-state index is 11.8. The predicted octanol–water partition coefficient (Wildman–Crippen LogP) is 4.22. The van der Waals surface area contributed by atoms with E-state index < -0.39 is 0 Å². The topological polar surface area (TPSA) is 32.7 Å². The standard InChI is InChI=1S/C17H26N2O/c1-5-7-9-17-14(3)13-16(10-11-18-17)19(15(4)20)12-8-6-2/h10-11H,5-9,12H2,1-4H3. The first-order chi connectivity index (χ1) is 9.60. The van der Waals surface area contributed by atoms with Crippen molar-refractivity contribution in [3.8, 4) is 0 Å². The zero-order valence-electron chi connectivity index (χ0n) is 13.2. The van der Waals surface area contributed by atoms with E-state index in [9.17, 15) is 4.79 Å². The molecule has 1 aliphatic rings. The summed E-state index contributed by atoms with van der Waals surface area (Å²) in [7, 11) is 0. The average Bonchev–Trinajstić information content (AvgIpc) is 2.58. The summed E-state index contributed by atoms with van der Waals surface area (Å²) < 4.78 is 0. The molecule has 0 aromatic rings. The van der Waals surface area contributed by atoms with Crippen LogP contribution < -0.4 is 0 Å². The molecule has 0 aromatic heterocycles. The van der Waals surface area contributed by atoms with Gasteiger partial charge in [0.1, 0.15) is 0 Å². The number of carbonyl (C=O) groups is 1. The first-order valence-electron chi connectivity index (χ1n) is 7.59. The maximum atomic E-state index is 11.8. The third kappa shape index (κ3) is 4.82. The monoisotopic (exact) mass is 274 g/mol. The van der Waals surface area contributed by atoms with Gasteiger partial charge in [0.15, 0.2) is 0 Å². The van der Waals surface area contributed by atoms with Gasteiger partial charge in [-0.15, -0.1) is 0 Å². The van der Waals surface area contributed by atoms with E-state index >= 15 is 0 Å². The van der Waals surface area contributed by atoms with Crippen molar-refractivity contribution in [2.45, 2.75) is 59.8 Å². The minimum Gasteiger partial charge on any atom is -0.306 e. The summed E-state index contributed by atoms with van der Waals surface area (Å²) in [4.78, 5) is 18.1. The van der Waals surface area contributed by atoms with Gasteiger partial charge in [0, 0.05) is 25.2 Å². The smallest absolute Gasteiger partial charge is 0.224 e. The van der Waals surface area contributed by atoms with Gasteiger partial charge in [-0.05, 0) is 32.3 Å². The Labute approximate surface area is 122 Å². The molecule has 0 unspecified atom stereocenters. The molecule has 0 N–H and O–H groups in total. The predicted molar refractivity (Wildman–Crippen MR) is 84.6 cm³/mol. The maximum Gasteiger partial charge on any atom is 0.224 e. The summed E-state index contributed by atoms with van der Waals surface area (Å²) in [5.41, 5.74) is 6.30. The molecule has 1 amide bonds. The summed E-state index contributed by atoms with van der Waals surface area (Å²) in [5.74, 6) is 0.0652. The molecule has 3 heteroatoms. The largest absolute Gasteiger partial charge is 0.306 e. The number of hydrogen-bond acceptors (Lipinski definition) is 2. The lowest BCUT2D eigenvalue weighted by Gasteiger charge is -2.20. The molecule has 3 nitrogen and oxygen atoms in total. The molecule has 0 aromatic carbocycles. The van der Waals surface area contributed by atoms with E-state index in [4.69, 9.17) is 0 Å². The Bertz CT molecular complexity index is 465. The van der Waals surface area contributed by atoms with Crippen molar-refractivity contribution in [1.29, 1.82) is 0 Å². The van der Waals surface area contributed by atoms with Crippen LogP contribution in [0.5, 0.6) is 0 Å². The van der Waals surface area contributed by atoms with Gasteiger partial charge in [0.2, 0.25) is 5.91 Å². The van der Waals surface area contributed by atoms with Gasteiger partial charge >= 0.3 is 0 Å². The lowest BCUT2D eigenvalue weighted by molar-refractivity contribution is -0.126. The number of allylic oxidation sites excluding steroid dienone is 1. The van der Waals surface area contributed by atoms with Crippen LogP contribution in [0, 0.1) is 0 Å². The normalized spacial score (nSPS) is 14.3. The van der Waals surface area contributed by atoms with E-state index in [1.54, 1.807) is 18.0 Å². The fraction of sp³-hybridized carbons (Fsp3) is 0.588. The SMILES string of the molecule is CCCCC1=NC=CC(N(CCCC)C(C)=O)=C=C1C. The van der Waals surface area contributed by atoms with Crippen molar-refractivity contribution >= 4 is 11.6 Å². The summed E-state index contributed by atoms with van der Waals surface area (Å²) >= 11 is 0. The van der Waals surface area contributed by atoms with Crippen LogP contribution in [0.4, 0.5) is 0 Å². The average molecular weight is 274 g/mol. The molecular weight excluding hydrogens is 248 g/mol. The molecule has 110 valence electrons. The first-order valence-corrected chi connectivity index (χ1v) is 7.59. The molecule has 1 rings (SSSR count). The third-order valence-corrected chi connectivity index (χ3v) is 3.38. The van der Waals surface area contributed by atoms with Crippen LogP contribution in [0.3, 0.4) is 0 Å². The Hall–Kier alpha value is -1.60. The summed E-state index contributed by atoms with van der Waals surface area (Å²) in [5, 5.41) is 0. The van der Waals surface area contributed by atoms with Gasteiger partial charge in [-0.2, -0.15) is 0 Å². The lowest BCUT2D eigenvalue weighted by Crippen LogP contribution is -2.28. The first kappa shape index (κ1) is 16.5. The quantitative estimate of drug-likeness (QED) is 0.640. The summed E-state index contributed by atoms with van der Waals surface area (Å²) in [6, 6.07) is 0. The molecule has 0 atom stereocenters. The highest BCUT2D eigenvalue weighted by Gasteiger charge is 2.13. The molecule has 0 spiro atoms. The number of unbranched alkanes of at least 4 members (excludes halogenated alkanes) is 2. The van der Waals surface area contributed by atoms with E-state index in [1.165, 1.54) is 0 Å². The molecule has 0 fully saturated rings. The fourth-order valence-electron chi connectivity index (χ4n) is 2.12. The third-order valence-electron chi connectivity index (χ3n) is 3.38. The van der Waals surface area contributed by atoms with Gasteiger partial charge in [-0.1, -0.05) is 32.4 Å². The van der Waals surface area contributed by atoms with Crippen molar-refractivity contribution in [2.24, 2.45) is 4.99 Å². The van der Waals surface area contributed by atoms with Crippen LogP contribution in [0.25, 0.3) is 0 Å². The highest BCUT2D eigenvalue weighted by molar-refractivity contribution is 6.00. The molecule has 20 heavy (non-hydrogen) atoms. The van der Waals surface area contributed by atoms with Gasteiger partial charge in [0.25, 0.3) is 0 Å². The molecule has 0 aliphatic carbocycles. The fourth-order valence-corrected chi connectivity index (χ4v) is 2.12. The summed E-state index contributed by atoms with van der Waals surface area (Å²) in [6.07, 6.45) is 9.02. The van der Waals surface area contributed by atoms with Crippen LogP contribution in [0.2, 0.25) is 0 Å². The Kier molecular flexibility index (Phi) is 7.03. The Balaban J connectivity index is 2.99. The molecule has 0 radical (unpaired) electrons. The molecule has 0 saturated carbocycles. The second kappa shape index (κ2) is 8.55. The number of amides is 1. The molecule has 0 bridgehead atoms. The van der Waals surface area contributed by atoms with Crippen LogP contribution in [0.15, 0.2) is 34.3 Å². The van der Waals surface area contributed by atoms with Crippen LogP contribution >= 0.6 is 0 Å². The van der Waals surface area contributed by atoms with Gasteiger partial charge in [0.05, 0.1) is 11.4 Å². The Morgan fingerprint density at radius 2 is 2.00 bits per heavy atom. The second-order valence-corrected chi connectivity index (χ2v) is 5.15. The van der Waals surface area contributed by atoms with E-state index in [-0.39, 0.29) is 5.91 Å². The van der Waals surface area contributed by atoms with Crippen LogP contribution in [-0.2, 0) is 4.79 Å². The number of hydrogen-bond donors (Lipinski definition) is 0. The number of nitrogens with zero attached hydrogens (tertiary/aromatic N) is 2. The zero-order chi connectivity index (χ0) is 15.0. The minimum atomic E-state index is 0.0652. The van der Waals surface area contributed by atoms with Gasteiger partial charge in [-0.3, -0.25) is 9.79 Å². The molecule has 0 saturated heterocycles. The number of carbonyl (C=O) groups excluding carboxylic acids is 1. The van der Waals surface area contributed by atoms with Crippen molar-refractivity contribution in [3.05, 3.63) is 29.3 Å². The lowest BCUT2D eigenvalue weighted by atomic mass is 10.1. The van der Waals surface area contributed by atoms with Gasteiger partial charge in [-0.25, -0.2) is 0 Å². The highest BCUT2D eigenvalue weighted by atomic mass is 16.2. The Morgan fingerprint density at radius 1 is 1.30 bits per heavy atom. The minimum absolute atomic E-state index is 0.0652. The number of rotatable bonds is 7. The molecule has 1 heterocycles. The van der Waals surface area contributed by atoms with Crippen LogP contribution in [0.1, 0.15) is 59.8 Å². The highest BCUT2D eigenvalue weighted by Crippen LogP contribution is 2.14. The van der Waals surface area contributed by atoms with E-state index in [0.29, 0.717) is 0 Å². The zero-order valence-corrected chi connectivity index (χ0v) is 13.2. The van der Waals surface area contributed by atoms with Gasteiger partial charge < -0.3 is 4.90 Å².